The Balaban J connectivity index is 1.30. The summed E-state index contributed by atoms with van der Waals surface area (Å²) in [4.78, 5) is 40.7. The summed E-state index contributed by atoms with van der Waals surface area (Å²) in [6, 6.07) is 8.35. The molecule has 13 heteroatoms. The van der Waals surface area contributed by atoms with Crippen molar-refractivity contribution in [1.29, 1.82) is 0 Å². The highest BCUT2D eigenvalue weighted by atomic mass is 35.5. The van der Waals surface area contributed by atoms with Gasteiger partial charge < -0.3 is 9.64 Å². The Labute approximate surface area is 236 Å². The molecule has 2 aliphatic rings. The van der Waals surface area contributed by atoms with Crippen molar-refractivity contribution in [3.05, 3.63) is 69.2 Å². The number of nitrogens with zero attached hydrogens (tertiary/aromatic N) is 4. The number of carbonyl (C=O) groups excluding carboxylic acids is 3. The first-order chi connectivity index (χ1) is 18.7. The summed E-state index contributed by atoms with van der Waals surface area (Å²) in [6.45, 7) is 5.57. The van der Waals surface area contributed by atoms with Crippen LogP contribution in [0.3, 0.4) is 0 Å². The predicted molar refractivity (Wildman–Crippen MR) is 145 cm³/mol. The monoisotopic (exact) mass is 592 g/mol. The summed E-state index contributed by atoms with van der Waals surface area (Å²) in [5, 5.41) is 4.49. The van der Waals surface area contributed by atoms with Crippen LogP contribution in [0.2, 0.25) is 5.02 Å². The molecule has 2 saturated heterocycles. The molecule has 0 bridgehead atoms. The second-order valence-electron chi connectivity index (χ2n) is 10.5. The molecule has 210 valence electrons. The summed E-state index contributed by atoms with van der Waals surface area (Å²) < 4.78 is 47.3. The Morgan fingerprint density at radius 3 is 2.55 bits per heavy atom. The van der Waals surface area contributed by atoms with Crippen molar-refractivity contribution in [2.75, 3.05) is 13.1 Å². The molecule has 0 radical (unpaired) electrons. The minimum absolute atomic E-state index is 0.00636. The van der Waals surface area contributed by atoms with Crippen LogP contribution in [0, 0.1) is 0 Å². The van der Waals surface area contributed by atoms with Gasteiger partial charge in [0.1, 0.15) is 5.60 Å². The molecule has 0 spiro atoms. The van der Waals surface area contributed by atoms with E-state index in [1.54, 1.807) is 45.0 Å². The zero-order valence-corrected chi connectivity index (χ0v) is 23.2. The molecule has 3 aromatic rings. The van der Waals surface area contributed by atoms with Gasteiger partial charge in [0.15, 0.2) is 0 Å². The van der Waals surface area contributed by atoms with Crippen LogP contribution in [0.1, 0.15) is 37.5 Å². The van der Waals surface area contributed by atoms with E-state index in [0.29, 0.717) is 16.5 Å². The van der Waals surface area contributed by atoms with Crippen LogP contribution in [0.5, 0.6) is 0 Å². The van der Waals surface area contributed by atoms with Gasteiger partial charge in [-0.15, -0.1) is 0 Å². The number of rotatable bonds is 4. The molecule has 2 aliphatic heterocycles. The van der Waals surface area contributed by atoms with E-state index in [9.17, 15) is 27.6 Å². The van der Waals surface area contributed by atoms with Crippen LogP contribution in [0.15, 0.2) is 47.5 Å². The van der Waals surface area contributed by atoms with E-state index < -0.39 is 40.6 Å². The maximum absolute atomic E-state index is 13.5. The topological polar surface area (TPSA) is 84.7 Å². The molecule has 2 fully saturated rings. The average Bonchev–Trinajstić information content (AvgIpc) is 3.32. The maximum atomic E-state index is 13.5. The smallest absolute Gasteiger partial charge is 0.416 e. The second kappa shape index (κ2) is 10.2. The summed E-state index contributed by atoms with van der Waals surface area (Å²) in [5.41, 5.74) is -0.209. The van der Waals surface area contributed by atoms with Crippen molar-refractivity contribution in [1.82, 2.24) is 19.6 Å². The summed E-state index contributed by atoms with van der Waals surface area (Å²) >= 11 is 6.60. The van der Waals surface area contributed by atoms with E-state index in [-0.39, 0.29) is 35.1 Å². The summed E-state index contributed by atoms with van der Waals surface area (Å²) in [7, 11) is 0. The van der Waals surface area contributed by atoms with Gasteiger partial charge in [0, 0.05) is 23.5 Å². The van der Waals surface area contributed by atoms with Gasteiger partial charge in [0.25, 0.3) is 11.1 Å². The first kappa shape index (κ1) is 28.0. The fourth-order valence-electron chi connectivity index (χ4n) is 4.47. The zero-order valence-electron chi connectivity index (χ0n) is 21.7. The standard InChI is InChI=1S/C27H24ClF3N4O4S/c1-26(2,3)39-24(37)33-13-19(14-33)35-23(36)22(40-25(35)38)9-15-4-7-21-17(8-15)11-32-34(21)12-16-5-6-18(28)10-20(16)27(29,30)31/h4-11,19H,12-14H2,1-3H3/b22-9-. The first-order valence-corrected chi connectivity index (χ1v) is 13.5. The third-order valence-corrected chi connectivity index (χ3v) is 7.48. The Hall–Kier alpha value is -3.51. The molecular formula is C27H24ClF3N4O4S. The lowest BCUT2D eigenvalue weighted by atomic mass is 10.1. The van der Waals surface area contributed by atoms with Gasteiger partial charge >= 0.3 is 12.3 Å². The van der Waals surface area contributed by atoms with Gasteiger partial charge in [-0.25, -0.2) is 4.79 Å². The van der Waals surface area contributed by atoms with Crippen LogP contribution in [0.4, 0.5) is 22.8 Å². The summed E-state index contributed by atoms with van der Waals surface area (Å²) in [5.74, 6) is -0.443. The molecule has 1 aromatic heterocycles. The number of carbonyl (C=O) groups is 3. The van der Waals surface area contributed by atoms with Gasteiger partial charge in [-0.2, -0.15) is 18.3 Å². The van der Waals surface area contributed by atoms with Crippen molar-refractivity contribution in [3.63, 3.8) is 0 Å². The van der Waals surface area contributed by atoms with E-state index in [4.69, 9.17) is 16.3 Å². The van der Waals surface area contributed by atoms with Crippen LogP contribution in [-0.2, 0) is 22.3 Å². The fraction of sp³-hybridized carbons (Fsp3) is 0.333. The van der Waals surface area contributed by atoms with Gasteiger partial charge in [-0.05, 0) is 74.0 Å². The molecule has 0 unspecified atom stereocenters. The number of benzene rings is 2. The SMILES string of the molecule is CC(C)(C)OC(=O)N1CC(N2C(=O)S/C(=C\c3ccc4c(cnn4Cc4ccc(Cl)cc4C(F)(F)F)c3)C2=O)C1. The lowest BCUT2D eigenvalue weighted by Crippen LogP contribution is -2.62. The molecule has 5 rings (SSSR count). The number of hydrogen-bond donors (Lipinski definition) is 0. The molecule has 0 saturated carbocycles. The number of alkyl halides is 3. The highest BCUT2D eigenvalue weighted by Crippen LogP contribution is 2.37. The average molecular weight is 593 g/mol. The molecular weight excluding hydrogens is 569 g/mol. The van der Waals surface area contributed by atoms with Crippen LogP contribution < -0.4 is 0 Å². The normalized spacial score (nSPS) is 17.7. The van der Waals surface area contributed by atoms with E-state index >= 15 is 0 Å². The Morgan fingerprint density at radius 2 is 1.88 bits per heavy atom. The van der Waals surface area contributed by atoms with Crippen LogP contribution >= 0.6 is 23.4 Å². The molecule has 3 amide bonds. The lowest BCUT2D eigenvalue weighted by molar-refractivity contribution is -0.138. The number of imide groups is 1. The van der Waals surface area contributed by atoms with E-state index in [2.05, 4.69) is 5.10 Å². The fourth-order valence-corrected chi connectivity index (χ4v) is 5.54. The Kier molecular flexibility index (Phi) is 7.11. The number of thioether (sulfide) groups is 1. The largest absolute Gasteiger partial charge is 0.444 e. The lowest BCUT2D eigenvalue weighted by Gasteiger charge is -2.42. The minimum atomic E-state index is -4.56. The number of fused-ring (bicyclic) bond motifs is 1. The Bertz CT molecular complexity index is 1560. The van der Waals surface area contributed by atoms with Gasteiger partial charge in [0.05, 0.1) is 34.8 Å². The van der Waals surface area contributed by atoms with Crippen LogP contribution in [-0.4, -0.2) is 61.6 Å². The highest BCUT2D eigenvalue weighted by Gasteiger charge is 2.46. The molecule has 0 aliphatic carbocycles. The van der Waals surface area contributed by atoms with Crippen molar-refractivity contribution in [3.8, 4) is 0 Å². The zero-order chi connectivity index (χ0) is 29.0. The van der Waals surface area contributed by atoms with E-state index in [0.717, 1.165) is 22.7 Å². The van der Waals surface area contributed by atoms with Crippen molar-refractivity contribution < 1.29 is 32.3 Å². The third-order valence-electron chi connectivity index (χ3n) is 6.36. The van der Waals surface area contributed by atoms with Gasteiger partial charge in [-0.3, -0.25) is 19.2 Å². The third kappa shape index (κ3) is 5.68. The van der Waals surface area contributed by atoms with Crippen LogP contribution in [0.25, 0.3) is 17.0 Å². The van der Waals surface area contributed by atoms with Gasteiger partial charge in [-0.1, -0.05) is 23.7 Å². The quantitative estimate of drug-likeness (QED) is 0.325. The Morgan fingerprint density at radius 1 is 1.15 bits per heavy atom. The number of halogens is 4. The van der Waals surface area contributed by atoms with E-state index in [1.807, 2.05) is 0 Å². The number of amides is 3. The van der Waals surface area contributed by atoms with E-state index in [1.165, 1.54) is 27.9 Å². The number of hydrogen-bond acceptors (Lipinski definition) is 6. The number of aromatic nitrogens is 2. The van der Waals surface area contributed by atoms with Crippen molar-refractivity contribution in [2.45, 2.75) is 45.1 Å². The number of ether oxygens (including phenoxy) is 1. The van der Waals surface area contributed by atoms with Gasteiger partial charge in [0.2, 0.25) is 0 Å². The molecule has 40 heavy (non-hydrogen) atoms. The van der Waals surface area contributed by atoms with Crippen molar-refractivity contribution >= 4 is 57.6 Å². The molecule has 3 heterocycles. The number of likely N-dealkylation sites (tertiary alicyclic amines) is 1. The highest BCUT2D eigenvalue weighted by molar-refractivity contribution is 8.18. The van der Waals surface area contributed by atoms with Crippen molar-refractivity contribution in [2.24, 2.45) is 0 Å². The first-order valence-electron chi connectivity index (χ1n) is 12.3. The summed E-state index contributed by atoms with van der Waals surface area (Å²) in [6.07, 6.45) is -1.94. The molecule has 0 atom stereocenters. The maximum Gasteiger partial charge on any atom is 0.416 e. The minimum Gasteiger partial charge on any atom is -0.444 e. The second-order valence-corrected chi connectivity index (χ2v) is 11.9. The molecule has 8 nitrogen and oxygen atoms in total. The predicted octanol–water partition coefficient (Wildman–Crippen LogP) is 6.41. The molecule has 2 aromatic carbocycles. The molecule has 0 N–H and O–H groups in total.